The van der Waals surface area contributed by atoms with Crippen LogP contribution in [0.4, 0.5) is 4.79 Å². The molecule has 0 spiro atoms. The maximum absolute atomic E-state index is 10.9. The molecule has 0 aromatic heterocycles. The fourth-order valence-corrected chi connectivity index (χ4v) is 0.582. The Balaban J connectivity index is 4.05. The molecule has 0 aliphatic heterocycles. The molecule has 0 saturated heterocycles. The van der Waals surface area contributed by atoms with Gasteiger partial charge in [0.1, 0.15) is 0 Å². The smallest absolute Gasteiger partial charge is 0.407 e. The van der Waals surface area contributed by atoms with Crippen LogP contribution in [-0.4, -0.2) is 23.4 Å². The van der Waals surface area contributed by atoms with Crippen molar-refractivity contribution in [3.8, 4) is 0 Å². The molecular weight excluding hydrogens is 174 g/mol. The molecule has 0 saturated carbocycles. The molecule has 0 rings (SSSR count). The molecule has 0 aromatic rings. The fraction of sp³-hybridized carbons (Fsp3) is 0.500. The molecule has 1 atom stereocenters. The van der Waals surface area contributed by atoms with E-state index in [0.717, 1.165) is 0 Å². The van der Waals surface area contributed by atoms with E-state index in [1.165, 1.54) is 6.92 Å². The minimum Gasteiger partial charge on any atom is -0.465 e. The zero-order valence-electron chi connectivity index (χ0n) is 7.66. The highest BCUT2D eigenvalue weighted by Crippen LogP contribution is 1.99. The van der Waals surface area contributed by atoms with Gasteiger partial charge in [-0.05, 0) is 6.92 Å². The first kappa shape index (κ1) is 11.5. The van der Waals surface area contributed by atoms with Crippen molar-refractivity contribution >= 4 is 12.1 Å². The van der Waals surface area contributed by atoms with Crippen molar-refractivity contribution in [3.05, 3.63) is 12.2 Å². The Morgan fingerprint density at radius 1 is 1.62 bits per heavy atom. The first-order valence-electron chi connectivity index (χ1n) is 3.83. The molecule has 0 aromatic carbocycles. The zero-order chi connectivity index (χ0) is 10.4. The molecular formula is C8H13NO4. The first-order chi connectivity index (χ1) is 5.97. The topological polar surface area (TPSA) is 75.6 Å². The maximum atomic E-state index is 10.9. The molecule has 0 aliphatic rings. The summed E-state index contributed by atoms with van der Waals surface area (Å²) in [4.78, 5) is 21.1. The van der Waals surface area contributed by atoms with Crippen molar-refractivity contribution in [2.45, 2.75) is 26.5 Å². The predicted octanol–water partition coefficient (Wildman–Crippen LogP) is 1.11. The van der Waals surface area contributed by atoms with Crippen LogP contribution in [0.15, 0.2) is 12.2 Å². The number of ether oxygens (including phenoxy) is 1. The van der Waals surface area contributed by atoms with Crippen molar-refractivity contribution in [1.29, 1.82) is 0 Å². The Morgan fingerprint density at radius 3 is 2.46 bits per heavy atom. The standard InChI is InChI=1S/C8H13NO4/c1-4-6(9-8(11)12)13-7(10)5(2)3/h6,9H,2,4H2,1,3H3,(H,11,12). The number of carbonyl (C=O) groups is 2. The Labute approximate surface area is 76.4 Å². The van der Waals surface area contributed by atoms with Crippen LogP contribution in [0.5, 0.6) is 0 Å². The maximum Gasteiger partial charge on any atom is 0.407 e. The van der Waals surface area contributed by atoms with E-state index in [2.05, 4.69) is 6.58 Å². The van der Waals surface area contributed by atoms with Gasteiger partial charge in [-0.3, -0.25) is 5.32 Å². The van der Waals surface area contributed by atoms with E-state index in [1.807, 2.05) is 5.32 Å². The van der Waals surface area contributed by atoms with Crippen LogP contribution in [0.25, 0.3) is 0 Å². The minimum atomic E-state index is -1.22. The largest absolute Gasteiger partial charge is 0.465 e. The lowest BCUT2D eigenvalue weighted by Gasteiger charge is -2.15. The van der Waals surface area contributed by atoms with E-state index in [0.29, 0.717) is 6.42 Å². The van der Waals surface area contributed by atoms with Crippen LogP contribution in [0, 0.1) is 0 Å². The summed E-state index contributed by atoms with van der Waals surface area (Å²) in [7, 11) is 0. The van der Waals surface area contributed by atoms with Crippen molar-refractivity contribution in [2.75, 3.05) is 0 Å². The van der Waals surface area contributed by atoms with E-state index in [9.17, 15) is 9.59 Å². The number of hydrogen-bond acceptors (Lipinski definition) is 3. The van der Waals surface area contributed by atoms with Crippen LogP contribution in [0.2, 0.25) is 0 Å². The molecule has 74 valence electrons. The molecule has 0 aliphatic carbocycles. The quantitative estimate of drug-likeness (QED) is 0.392. The van der Waals surface area contributed by atoms with Crippen LogP contribution < -0.4 is 5.32 Å². The fourth-order valence-electron chi connectivity index (χ4n) is 0.582. The van der Waals surface area contributed by atoms with Gasteiger partial charge in [-0.15, -0.1) is 0 Å². The van der Waals surface area contributed by atoms with Gasteiger partial charge in [0.15, 0.2) is 6.23 Å². The number of amides is 1. The summed E-state index contributed by atoms with van der Waals surface area (Å²) in [5.74, 6) is -0.597. The van der Waals surface area contributed by atoms with Crippen molar-refractivity contribution < 1.29 is 19.4 Å². The summed E-state index contributed by atoms with van der Waals surface area (Å²) < 4.78 is 4.74. The normalized spacial score (nSPS) is 11.5. The van der Waals surface area contributed by atoms with Gasteiger partial charge in [-0.1, -0.05) is 13.5 Å². The third kappa shape index (κ3) is 4.84. The molecule has 5 nitrogen and oxygen atoms in total. The highest BCUT2D eigenvalue weighted by molar-refractivity contribution is 5.87. The van der Waals surface area contributed by atoms with Gasteiger partial charge in [0.25, 0.3) is 0 Å². The summed E-state index contributed by atoms with van der Waals surface area (Å²) in [6.07, 6.45) is -1.64. The Kier molecular flexibility index (Phi) is 4.58. The summed E-state index contributed by atoms with van der Waals surface area (Å²) >= 11 is 0. The van der Waals surface area contributed by atoms with E-state index in [1.54, 1.807) is 6.92 Å². The van der Waals surface area contributed by atoms with Crippen molar-refractivity contribution in [3.63, 3.8) is 0 Å². The molecule has 0 heterocycles. The predicted molar refractivity (Wildman–Crippen MR) is 46.1 cm³/mol. The number of carbonyl (C=O) groups excluding carboxylic acids is 1. The van der Waals surface area contributed by atoms with E-state index < -0.39 is 18.3 Å². The van der Waals surface area contributed by atoms with Gasteiger partial charge in [0.2, 0.25) is 0 Å². The third-order valence-electron chi connectivity index (χ3n) is 1.25. The van der Waals surface area contributed by atoms with Crippen LogP contribution >= 0.6 is 0 Å². The third-order valence-corrected chi connectivity index (χ3v) is 1.25. The van der Waals surface area contributed by atoms with Crippen molar-refractivity contribution in [1.82, 2.24) is 5.32 Å². The van der Waals surface area contributed by atoms with Gasteiger partial charge in [-0.25, -0.2) is 9.59 Å². The van der Waals surface area contributed by atoms with Gasteiger partial charge >= 0.3 is 12.1 Å². The zero-order valence-corrected chi connectivity index (χ0v) is 7.66. The molecule has 2 N–H and O–H groups in total. The van der Waals surface area contributed by atoms with Gasteiger partial charge < -0.3 is 9.84 Å². The second kappa shape index (κ2) is 5.18. The van der Waals surface area contributed by atoms with E-state index in [-0.39, 0.29) is 5.57 Å². The van der Waals surface area contributed by atoms with E-state index in [4.69, 9.17) is 9.84 Å². The number of nitrogens with one attached hydrogen (secondary N) is 1. The summed E-state index contributed by atoms with van der Waals surface area (Å²) in [5, 5.41) is 10.4. The monoisotopic (exact) mass is 187 g/mol. The number of hydrogen-bond donors (Lipinski definition) is 2. The van der Waals surface area contributed by atoms with Crippen LogP contribution in [0.3, 0.4) is 0 Å². The first-order valence-corrected chi connectivity index (χ1v) is 3.83. The highest BCUT2D eigenvalue weighted by Gasteiger charge is 2.14. The molecule has 0 bridgehead atoms. The lowest BCUT2D eigenvalue weighted by molar-refractivity contribution is -0.145. The molecule has 5 heteroatoms. The van der Waals surface area contributed by atoms with Crippen LogP contribution in [-0.2, 0) is 9.53 Å². The SMILES string of the molecule is C=C(C)C(=O)OC(CC)NC(=O)O. The number of esters is 1. The highest BCUT2D eigenvalue weighted by atomic mass is 16.6. The average Bonchev–Trinajstić information content (AvgIpc) is 2.02. The molecule has 1 amide bonds. The van der Waals surface area contributed by atoms with Gasteiger partial charge in [0, 0.05) is 12.0 Å². The Hall–Kier alpha value is -1.52. The summed E-state index contributed by atoms with van der Waals surface area (Å²) in [6.45, 7) is 6.57. The average molecular weight is 187 g/mol. The second-order valence-electron chi connectivity index (χ2n) is 2.53. The Bertz CT molecular complexity index is 224. The molecule has 0 radical (unpaired) electrons. The number of carboxylic acid groups (broad SMARTS) is 1. The lowest BCUT2D eigenvalue weighted by atomic mass is 10.3. The van der Waals surface area contributed by atoms with Gasteiger partial charge in [-0.2, -0.15) is 0 Å². The molecule has 1 unspecified atom stereocenters. The number of rotatable bonds is 4. The van der Waals surface area contributed by atoms with E-state index >= 15 is 0 Å². The lowest BCUT2D eigenvalue weighted by Crippen LogP contribution is -2.37. The minimum absolute atomic E-state index is 0.241. The Morgan fingerprint density at radius 2 is 2.15 bits per heavy atom. The summed E-state index contributed by atoms with van der Waals surface area (Å²) in [5.41, 5.74) is 0.241. The molecule has 13 heavy (non-hydrogen) atoms. The van der Waals surface area contributed by atoms with Crippen LogP contribution in [0.1, 0.15) is 20.3 Å². The second-order valence-corrected chi connectivity index (χ2v) is 2.53. The van der Waals surface area contributed by atoms with Crippen molar-refractivity contribution in [2.24, 2.45) is 0 Å². The summed E-state index contributed by atoms with van der Waals surface area (Å²) in [6, 6.07) is 0. The molecule has 0 fully saturated rings. The van der Waals surface area contributed by atoms with Gasteiger partial charge in [0.05, 0.1) is 0 Å².